The van der Waals surface area contributed by atoms with Gasteiger partial charge in [0.1, 0.15) is 17.6 Å². The fraction of sp³-hybridized carbons (Fsp3) is 0.364. The van der Waals surface area contributed by atoms with Gasteiger partial charge in [0.25, 0.3) is 5.91 Å². The molecule has 1 unspecified atom stereocenters. The van der Waals surface area contributed by atoms with Crippen LogP contribution in [0.25, 0.3) is 11.3 Å². The number of aromatic nitrogens is 4. The number of hydrogen-bond acceptors (Lipinski definition) is 5. The lowest BCUT2D eigenvalue weighted by Gasteiger charge is -2.32. The molecule has 3 aromatic rings. The Bertz CT molecular complexity index is 1040. The van der Waals surface area contributed by atoms with E-state index in [0.717, 1.165) is 29.8 Å². The molecular weight excluding hydrogens is 385 g/mol. The van der Waals surface area contributed by atoms with Gasteiger partial charge in [-0.1, -0.05) is 0 Å². The van der Waals surface area contributed by atoms with Crippen LogP contribution in [0.15, 0.2) is 36.4 Å². The summed E-state index contributed by atoms with van der Waals surface area (Å²) in [5, 5.41) is 4.43. The highest BCUT2D eigenvalue weighted by Gasteiger charge is 2.28. The van der Waals surface area contributed by atoms with Crippen molar-refractivity contribution in [3.63, 3.8) is 0 Å². The molecule has 0 radical (unpaired) electrons. The van der Waals surface area contributed by atoms with Crippen LogP contribution < -0.4 is 4.74 Å². The molecule has 1 atom stereocenters. The summed E-state index contributed by atoms with van der Waals surface area (Å²) < 4.78 is 20.7. The second-order valence-corrected chi connectivity index (χ2v) is 7.61. The maximum atomic E-state index is 13.2. The van der Waals surface area contributed by atoms with Crippen LogP contribution in [-0.2, 0) is 7.05 Å². The first-order valence-electron chi connectivity index (χ1n) is 9.97. The van der Waals surface area contributed by atoms with Crippen LogP contribution in [0.5, 0.6) is 6.01 Å². The number of benzene rings is 1. The molecule has 0 N–H and O–H groups in total. The van der Waals surface area contributed by atoms with Crippen molar-refractivity contribution in [2.24, 2.45) is 7.05 Å². The fourth-order valence-electron chi connectivity index (χ4n) is 3.71. The minimum Gasteiger partial charge on any atom is -0.458 e. The molecule has 2 aromatic heterocycles. The number of piperidine rings is 1. The Kier molecular flexibility index (Phi) is 5.48. The predicted octanol–water partition coefficient (Wildman–Crippen LogP) is 3.32. The van der Waals surface area contributed by atoms with Crippen LogP contribution in [0.3, 0.4) is 0 Å². The third-order valence-corrected chi connectivity index (χ3v) is 5.14. The van der Waals surface area contributed by atoms with Gasteiger partial charge >= 0.3 is 6.01 Å². The summed E-state index contributed by atoms with van der Waals surface area (Å²) in [6.07, 6.45) is 1.52. The number of carbonyl (C=O) groups excluding carboxylic acids is 1. The summed E-state index contributed by atoms with van der Waals surface area (Å²) in [6, 6.07) is 10.1. The van der Waals surface area contributed by atoms with Crippen molar-refractivity contribution in [3.8, 4) is 17.3 Å². The number of ether oxygens (including phenoxy) is 1. The molecule has 1 aromatic carbocycles. The Balaban J connectivity index is 1.48. The van der Waals surface area contributed by atoms with E-state index < -0.39 is 0 Å². The molecular formula is C22H24FN5O2. The maximum absolute atomic E-state index is 13.2. The first-order chi connectivity index (χ1) is 14.4. The second-order valence-electron chi connectivity index (χ2n) is 7.61. The van der Waals surface area contributed by atoms with Gasteiger partial charge in [0.2, 0.25) is 0 Å². The van der Waals surface area contributed by atoms with Crippen LogP contribution >= 0.6 is 0 Å². The van der Waals surface area contributed by atoms with Crippen LogP contribution in [-0.4, -0.2) is 49.7 Å². The number of halogens is 1. The summed E-state index contributed by atoms with van der Waals surface area (Å²) in [7, 11) is 1.74. The zero-order chi connectivity index (χ0) is 21.3. The van der Waals surface area contributed by atoms with E-state index in [1.165, 1.54) is 12.1 Å². The Morgan fingerprint density at radius 1 is 1.13 bits per heavy atom. The molecule has 1 saturated heterocycles. The van der Waals surface area contributed by atoms with Gasteiger partial charge in [-0.25, -0.2) is 14.4 Å². The molecule has 8 heteroatoms. The second kappa shape index (κ2) is 8.22. The molecule has 0 saturated carbocycles. The number of amides is 1. The fourth-order valence-corrected chi connectivity index (χ4v) is 3.71. The van der Waals surface area contributed by atoms with E-state index in [0.29, 0.717) is 30.5 Å². The third-order valence-electron chi connectivity index (χ3n) is 5.14. The largest absolute Gasteiger partial charge is 0.458 e. The van der Waals surface area contributed by atoms with Gasteiger partial charge in [-0.3, -0.25) is 9.48 Å². The van der Waals surface area contributed by atoms with Crippen molar-refractivity contribution in [2.75, 3.05) is 13.1 Å². The number of likely N-dealkylation sites (tertiary alicyclic amines) is 1. The van der Waals surface area contributed by atoms with Crippen LogP contribution in [0.1, 0.15) is 34.7 Å². The van der Waals surface area contributed by atoms with E-state index in [1.54, 1.807) is 34.8 Å². The van der Waals surface area contributed by atoms with Gasteiger partial charge in [0.15, 0.2) is 0 Å². The lowest BCUT2D eigenvalue weighted by molar-refractivity contribution is 0.0505. The number of nitrogens with zero attached hydrogens (tertiary/aromatic N) is 5. The predicted molar refractivity (Wildman–Crippen MR) is 110 cm³/mol. The quantitative estimate of drug-likeness (QED) is 0.661. The maximum Gasteiger partial charge on any atom is 0.317 e. The van der Waals surface area contributed by atoms with E-state index in [-0.39, 0.29) is 17.8 Å². The Labute approximate surface area is 174 Å². The zero-order valence-electron chi connectivity index (χ0n) is 17.3. The zero-order valence-corrected chi connectivity index (χ0v) is 17.3. The molecule has 1 amide bonds. The van der Waals surface area contributed by atoms with Gasteiger partial charge in [-0.2, -0.15) is 5.10 Å². The van der Waals surface area contributed by atoms with Crippen molar-refractivity contribution in [2.45, 2.75) is 32.8 Å². The Hall–Kier alpha value is -3.29. The molecule has 30 heavy (non-hydrogen) atoms. The van der Waals surface area contributed by atoms with Gasteiger partial charge in [0, 0.05) is 30.5 Å². The highest BCUT2D eigenvalue weighted by atomic mass is 19.1. The van der Waals surface area contributed by atoms with Crippen molar-refractivity contribution < 1.29 is 13.9 Å². The standard InChI is InChI=1S/C22H24FN5O2/c1-14-11-15(2)25-22(24-14)30-18-5-4-10-28(13-18)21(29)20-12-19(26-27(20)3)16-6-8-17(23)9-7-16/h6-9,11-12,18H,4-5,10,13H2,1-3H3. The normalized spacial score (nSPS) is 16.5. The van der Waals surface area contributed by atoms with E-state index >= 15 is 0 Å². The molecule has 3 heterocycles. The van der Waals surface area contributed by atoms with Crippen LogP contribution in [0, 0.1) is 19.7 Å². The first kappa shape index (κ1) is 20.0. The van der Waals surface area contributed by atoms with E-state index in [1.807, 2.05) is 19.9 Å². The molecule has 156 valence electrons. The van der Waals surface area contributed by atoms with Gasteiger partial charge in [-0.15, -0.1) is 0 Å². The van der Waals surface area contributed by atoms with Crippen molar-refractivity contribution in [1.29, 1.82) is 0 Å². The summed E-state index contributed by atoms with van der Waals surface area (Å²) in [4.78, 5) is 23.6. The first-order valence-corrected chi connectivity index (χ1v) is 9.97. The minimum absolute atomic E-state index is 0.104. The molecule has 4 rings (SSSR count). The molecule has 7 nitrogen and oxygen atoms in total. The number of aryl methyl sites for hydroxylation is 3. The molecule has 1 fully saturated rings. The summed E-state index contributed by atoms with van der Waals surface area (Å²) in [5.41, 5.74) is 3.58. The molecule has 0 spiro atoms. The van der Waals surface area contributed by atoms with Crippen molar-refractivity contribution in [3.05, 3.63) is 59.3 Å². The Morgan fingerprint density at radius 2 is 1.83 bits per heavy atom. The number of hydrogen-bond donors (Lipinski definition) is 0. The highest BCUT2D eigenvalue weighted by Crippen LogP contribution is 2.22. The molecule has 1 aliphatic rings. The topological polar surface area (TPSA) is 73.1 Å². The smallest absolute Gasteiger partial charge is 0.317 e. The SMILES string of the molecule is Cc1cc(C)nc(OC2CCCN(C(=O)c3cc(-c4ccc(F)cc4)nn3C)C2)n1. The lowest BCUT2D eigenvalue weighted by Crippen LogP contribution is -2.45. The molecule has 0 bridgehead atoms. The number of carbonyl (C=O) groups is 1. The monoisotopic (exact) mass is 409 g/mol. The molecule has 0 aliphatic carbocycles. The average molecular weight is 409 g/mol. The van der Waals surface area contributed by atoms with Gasteiger partial charge in [-0.05, 0) is 63.1 Å². The van der Waals surface area contributed by atoms with E-state index in [9.17, 15) is 9.18 Å². The van der Waals surface area contributed by atoms with Crippen LogP contribution in [0.2, 0.25) is 0 Å². The van der Waals surface area contributed by atoms with Crippen molar-refractivity contribution >= 4 is 5.91 Å². The average Bonchev–Trinajstić information content (AvgIpc) is 3.09. The Morgan fingerprint density at radius 3 is 2.53 bits per heavy atom. The van der Waals surface area contributed by atoms with E-state index in [4.69, 9.17) is 4.74 Å². The minimum atomic E-state index is -0.307. The van der Waals surface area contributed by atoms with Gasteiger partial charge < -0.3 is 9.64 Å². The van der Waals surface area contributed by atoms with Crippen LogP contribution in [0.4, 0.5) is 4.39 Å². The molecule has 1 aliphatic heterocycles. The highest BCUT2D eigenvalue weighted by molar-refractivity contribution is 5.93. The van der Waals surface area contributed by atoms with Crippen molar-refractivity contribution in [1.82, 2.24) is 24.6 Å². The van der Waals surface area contributed by atoms with Gasteiger partial charge in [0.05, 0.1) is 12.2 Å². The summed E-state index contributed by atoms with van der Waals surface area (Å²) in [5.74, 6) is -0.411. The lowest BCUT2D eigenvalue weighted by atomic mass is 10.1. The summed E-state index contributed by atoms with van der Waals surface area (Å²) in [6.45, 7) is 4.93. The van der Waals surface area contributed by atoms with E-state index in [2.05, 4.69) is 15.1 Å². The number of rotatable bonds is 4. The summed E-state index contributed by atoms with van der Waals surface area (Å²) >= 11 is 0. The third kappa shape index (κ3) is 4.32.